The number of unbranched alkanes of at least 4 members (excludes halogenated alkanes) is 3. The van der Waals surface area contributed by atoms with Crippen LogP contribution in [0.25, 0.3) is 0 Å². The molecule has 1 fully saturated rings. The molecule has 0 aromatic heterocycles. The molecule has 0 saturated carbocycles. The Balaban J connectivity index is 2.21. The van der Waals surface area contributed by atoms with E-state index in [0.29, 0.717) is 24.4 Å². The second-order valence-electron chi connectivity index (χ2n) is 6.52. The molecule has 1 heterocycles. The molecule has 1 atom stereocenters. The maximum Gasteiger partial charge on any atom is 0.335 e. The molecular formula is C20H27N3O3. The van der Waals surface area contributed by atoms with Gasteiger partial charge in [-0.15, -0.1) is 0 Å². The molecule has 2 rings (SSSR count). The first kappa shape index (κ1) is 19.8. The highest BCUT2D eigenvalue weighted by atomic mass is 16.2. The Hall–Kier alpha value is -2.50. The molecule has 6 nitrogen and oxygen atoms in total. The zero-order chi connectivity index (χ0) is 19.1. The molecule has 140 valence electrons. The van der Waals surface area contributed by atoms with Crippen molar-refractivity contribution in [3.63, 3.8) is 0 Å². The summed E-state index contributed by atoms with van der Waals surface area (Å²) in [5.74, 6) is -2.15. The first-order valence-electron chi connectivity index (χ1n) is 9.28. The molecule has 0 aliphatic carbocycles. The molecule has 0 bridgehead atoms. The number of nitrogens with zero attached hydrogens (tertiary/aromatic N) is 2. The van der Waals surface area contributed by atoms with Crippen molar-refractivity contribution in [3.8, 4) is 0 Å². The Morgan fingerprint density at radius 1 is 1.08 bits per heavy atom. The van der Waals surface area contributed by atoms with Gasteiger partial charge in [0.25, 0.3) is 5.91 Å². The van der Waals surface area contributed by atoms with Crippen LogP contribution in [-0.4, -0.2) is 30.1 Å². The van der Waals surface area contributed by atoms with Crippen LogP contribution in [0.5, 0.6) is 0 Å². The van der Waals surface area contributed by atoms with Crippen LogP contribution < -0.4 is 10.2 Å². The molecule has 26 heavy (non-hydrogen) atoms. The number of urea groups is 1. The molecule has 1 aliphatic rings. The predicted molar refractivity (Wildman–Crippen MR) is 102 cm³/mol. The Kier molecular flexibility index (Phi) is 7.06. The lowest BCUT2D eigenvalue weighted by molar-refractivity contribution is -0.131. The Labute approximate surface area is 154 Å². The minimum atomic E-state index is -1.04. The zero-order valence-electron chi connectivity index (χ0n) is 15.7. The maximum absolute atomic E-state index is 12.9. The van der Waals surface area contributed by atoms with Crippen LogP contribution in [-0.2, 0) is 9.59 Å². The number of rotatable bonds is 8. The third-order valence-corrected chi connectivity index (χ3v) is 4.48. The quantitative estimate of drug-likeness (QED) is 0.438. The van der Waals surface area contributed by atoms with Crippen molar-refractivity contribution in [2.75, 3.05) is 11.4 Å². The summed E-state index contributed by atoms with van der Waals surface area (Å²) in [6.07, 6.45) is 4.79. The fourth-order valence-corrected chi connectivity index (χ4v) is 2.98. The number of imide groups is 2. The van der Waals surface area contributed by atoms with Gasteiger partial charge in [-0.3, -0.25) is 19.9 Å². The van der Waals surface area contributed by atoms with Crippen molar-refractivity contribution in [2.45, 2.75) is 52.9 Å². The number of hydrogen-bond acceptors (Lipinski definition) is 4. The topological polar surface area (TPSA) is 78.8 Å². The fraction of sp³-hybridized carbons (Fsp3) is 0.500. The molecular weight excluding hydrogens is 330 g/mol. The predicted octanol–water partition coefficient (Wildman–Crippen LogP) is 3.63. The third-order valence-electron chi connectivity index (χ3n) is 4.48. The minimum Gasteiger partial charge on any atom is -0.293 e. The van der Waals surface area contributed by atoms with Gasteiger partial charge in [-0.1, -0.05) is 50.8 Å². The SMILES string of the molecule is CCCCCCN=C(CC)C1C(=O)NC(=O)N(c2ccc(C)cc2)C1=O. The van der Waals surface area contributed by atoms with Gasteiger partial charge < -0.3 is 0 Å². The first-order chi connectivity index (χ1) is 12.5. The van der Waals surface area contributed by atoms with Crippen LogP contribution in [0.4, 0.5) is 10.5 Å². The molecule has 4 amide bonds. The number of hydrogen-bond donors (Lipinski definition) is 1. The molecule has 0 spiro atoms. The lowest BCUT2D eigenvalue weighted by Crippen LogP contribution is -2.60. The average Bonchev–Trinajstić information content (AvgIpc) is 2.61. The number of aryl methyl sites for hydroxylation is 1. The highest BCUT2D eigenvalue weighted by Gasteiger charge is 2.43. The number of carbonyl (C=O) groups excluding carboxylic acids is 3. The fourth-order valence-electron chi connectivity index (χ4n) is 2.98. The Morgan fingerprint density at radius 3 is 2.38 bits per heavy atom. The van der Waals surface area contributed by atoms with Crippen molar-refractivity contribution in [2.24, 2.45) is 10.9 Å². The van der Waals surface area contributed by atoms with Gasteiger partial charge in [0.15, 0.2) is 5.92 Å². The molecule has 1 aromatic carbocycles. The standard InChI is InChI=1S/C20H27N3O3/c1-4-6-7-8-13-21-16(5-2)17-18(24)22-20(26)23(19(17)25)15-11-9-14(3)10-12-15/h9-12,17H,4-8,13H2,1-3H3,(H,22,24,26). The second kappa shape index (κ2) is 9.27. The molecule has 1 saturated heterocycles. The van der Waals surface area contributed by atoms with E-state index in [0.717, 1.165) is 36.1 Å². The number of barbiturate groups is 1. The molecule has 1 unspecified atom stereocenters. The molecule has 1 N–H and O–H groups in total. The summed E-state index contributed by atoms with van der Waals surface area (Å²) < 4.78 is 0. The number of nitrogens with one attached hydrogen (secondary N) is 1. The van der Waals surface area contributed by atoms with E-state index in [1.54, 1.807) is 12.1 Å². The van der Waals surface area contributed by atoms with Crippen LogP contribution in [0.2, 0.25) is 0 Å². The number of aliphatic imine (C=N–C) groups is 1. The summed E-state index contributed by atoms with van der Waals surface area (Å²) >= 11 is 0. The van der Waals surface area contributed by atoms with E-state index < -0.39 is 23.8 Å². The monoisotopic (exact) mass is 357 g/mol. The second-order valence-corrected chi connectivity index (χ2v) is 6.52. The summed E-state index contributed by atoms with van der Waals surface area (Å²) in [5.41, 5.74) is 2.01. The van der Waals surface area contributed by atoms with Gasteiger partial charge in [0.2, 0.25) is 5.91 Å². The molecule has 6 heteroatoms. The van der Waals surface area contributed by atoms with E-state index in [9.17, 15) is 14.4 Å². The minimum absolute atomic E-state index is 0.453. The van der Waals surface area contributed by atoms with Gasteiger partial charge >= 0.3 is 6.03 Å². The summed E-state index contributed by atoms with van der Waals surface area (Å²) in [6, 6.07) is 6.34. The van der Waals surface area contributed by atoms with Crippen molar-refractivity contribution in [3.05, 3.63) is 29.8 Å². The number of anilines is 1. The lowest BCUT2D eigenvalue weighted by Gasteiger charge is -2.30. The van der Waals surface area contributed by atoms with Crippen LogP contribution in [0, 0.1) is 12.8 Å². The molecule has 0 radical (unpaired) electrons. The highest BCUT2D eigenvalue weighted by molar-refractivity contribution is 6.35. The highest BCUT2D eigenvalue weighted by Crippen LogP contribution is 2.22. The lowest BCUT2D eigenvalue weighted by atomic mass is 9.96. The van der Waals surface area contributed by atoms with Crippen LogP contribution in [0.1, 0.15) is 51.5 Å². The van der Waals surface area contributed by atoms with Gasteiger partial charge in [0.1, 0.15) is 0 Å². The number of amides is 4. The van der Waals surface area contributed by atoms with E-state index >= 15 is 0 Å². The smallest absolute Gasteiger partial charge is 0.293 e. The van der Waals surface area contributed by atoms with Gasteiger partial charge in [0, 0.05) is 12.3 Å². The van der Waals surface area contributed by atoms with Crippen molar-refractivity contribution in [1.29, 1.82) is 0 Å². The molecule has 1 aromatic rings. The van der Waals surface area contributed by atoms with E-state index in [-0.39, 0.29) is 0 Å². The maximum atomic E-state index is 12.9. The van der Waals surface area contributed by atoms with Gasteiger partial charge in [-0.25, -0.2) is 9.69 Å². The summed E-state index contributed by atoms with van der Waals surface area (Å²) in [4.78, 5) is 43.0. The van der Waals surface area contributed by atoms with E-state index in [1.807, 2.05) is 26.0 Å². The number of carbonyl (C=O) groups is 3. The van der Waals surface area contributed by atoms with Gasteiger partial charge in [-0.05, 0) is 31.9 Å². The normalized spacial score (nSPS) is 18.3. The summed E-state index contributed by atoms with van der Waals surface area (Å²) in [6.45, 7) is 6.54. The van der Waals surface area contributed by atoms with E-state index in [4.69, 9.17) is 0 Å². The molecule has 1 aliphatic heterocycles. The van der Waals surface area contributed by atoms with Crippen molar-refractivity contribution < 1.29 is 14.4 Å². The first-order valence-corrected chi connectivity index (χ1v) is 9.28. The summed E-state index contributed by atoms with van der Waals surface area (Å²) in [5, 5.41) is 2.29. The summed E-state index contributed by atoms with van der Waals surface area (Å²) in [7, 11) is 0. The van der Waals surface area contributed by atoms with E-state index in [2.05, 4.69) is 17.2 Å². The van der Waals surface area contributed by atoms with Crippen molar-refractivity contribution >= 4 is 29.2 Å². The largest absolute Gasteiger partial charge is 0.335 e. The van der Waals surface area contributed by atoms with Crippen LogP contribution >= 0.6 is 0 Å². The third kappa shape index (κ3) is 4.56. The van der Waals surface area contributed by atoms with Crippen LogP contribution in [0.3, 0.4) is 0 Å². The van der Waals surface area contributed by atoms with Gasteiger partial charge in [0.05, 0.1) is 5.69 Å². The average molecular weight is 357 g/mol. The zero-order valence-corrected chi connectivity index (χ0v) is 15.7. The Bertz CT molecular complexity index is 695. The number of benzene rings is 1. The Morgan fingerprint density at radius 2 is 1.77 bits per heavy atom. The van der Waals surface area contributed by atoms with E-state index in [1.165, 1.54) is 0 Å². The van der Waals surface area contributed by atoms with Gasteiger partial charge in [-0.2, -0.15) is 0 Å². The van der Waals surface area contributed by atoms with Crippen molar-refractivity contribution in [1.82, 2.24) is 5.32 Å². The van der Waals surface area contributed by atoms with Crippen LogP contribution in [0.15, 0.2) is 29.3 Å².